The Bertz CT molecular complexity index is 444. The Morgan fingerprint density at radius 3 is 0.667 bits per heavy atom. The lowest BCUT2D eigenvalue weighted by atomic mass is 9.69. The molecule has 0 bridgehead atoms. The van der Waals surface area contributed by atoms with Gasteiger partial charge in [0, 0.05) is 0 Å². The van der Waals surface area contributed by atoms with Crippen LogP contribution in [0.1, 0.15) is 162 Å². The third-order valence-electron chi connectivity index (χ3n) is 11.3. The molecule has 0 spiro atoms. The van der Waals surface area contributed by atoms with E-state index in [1.807, 2.05) is 0 Å². The molecule has 0 unspecified atom stereocenters. The van der Waals surface area contributed by atoms with Gasteiger partial charge in [0.1, 0.15) is 0 Å². The Kier molecular flexibility index (Phi) is 11.0. The average Bonchev–Trinajstić information content (AvgIpc) is 2.84. The van der Waals surface area contributed by atoms with Crippen molar-refractivity contribution >= 4 is 0 Å². The van der Waals surface area contributed by atoms with Gasteiger partial charge >= 0.3 is 0 Å². The molecule has 0 N–H and O–H groups in total. The summed E-state index contributed by atoms with van der Waals surface area (Å²) in [4.78, 5) is 0. The van der Waals surface area contributed by atoms with E-state index in [4.69, 9.17) is 0 Å². The monoisotopic (exact) mass is 456 g/mol. The summed E-state index contributed by atoms with van der Waals surface area (Å²) < 4.78 is 0. The van der Waals surface area contributed by atoms with E-state index >= 15 is 0 Å². The number of rotatable bonds is 10. The summed E-state index contributed by atoms with van der Waals surface area (Å²) in [6, 6.07) is 0. The molecule has 0 nitrogen and oxygen atoms in total. The van der Waals surface area contributed by atoms with Gasteiger partial charge in [-0.05, 0) is 66.6 Å². The van der Waals surface area contributed by atoms with Crippen molar-refractivity contribution in [3.63, 3.8) is 0 Å². The average molecular weight is 457 g/mol. The van der Waals surface area contributed by atoms with E-state index in [-0.39, 0.29) is 0 Å². The summed E-state index contributed by atoms with van der Waals surface area (Å²) in [6.45, 7) is 4.74. The van der Waals surface area contributed by atoms with Gasteiger partial charge < -0.3 is 0 Å². The molecule has 0 heteroatoms. The van der Waals surface area contributed by atoms with Crippen LogP contribution in [0.2, 0.25) is 0 Å². The van der Waals surface area contributed by atoms with Gasteiger partial charge in [-0.2, -0.15) is 0 Å². The molecule has 4 saturated carbocycles. The predicted octanol–water partition coefficient (Wildman–Crippen LogP) is 11.0. The fourth-order valence-electron chi connectivity index (χ4n) is 9.15. The van der Waals surface area contributed by atoms with Crippen molar-refractivity contribution in [1.29, 1.82) is 0 Å². The quantitative estimate of drug-likeness (QED) is 0.306. The molecule has 0 aromatic heterocycles. The third kappa shape index (κ3) is 8.56. The highest BCUT2D eigenvalue weighted by atomic mass is 14.4. The standard InChI is InChI=1S/C33H60/c1-3-5-26-7-11-28(12-8-26)23-30-15-19-32(20-16-30)25-33-21-17-31(18-22-33)24-29-13-9-27(6-4-2)10-14-29/h26-33H,3-25H2,1-2H3. The van der Waals surface area contributed by atoms with E-state index in [1.165, 1.54) is 25.7 Å². The second-order valence-electron chi connectivity index (χ2n) is 13.8. The van der Waals surface area contributed by atoms with Gasteiger partial charge in [-0.3, -0.25) is 0 Å². The molecular formula is C33H60. The first kappa shape index (κ1) is 26.1. The van der Waals surface area contributed by atoms with Crippen molar-refractivity contribution in [2.75, 3.05) is 0 Å². The van der Waals surface area contributed by atoms with Crippen LogP contribution in [-0.4, -0.2) is 0 Å². The van der Waals surface area contributed by atoms with Crippen LogP contribution in [0.15, 0.2) is 0 Å². The van der Waals surface area contributed by atoms with Crippen LogP contribution < -0.4 is 0 Å². The molecule has 0 aromatic rings. The molecule has 33 heavy (non-hydrogen) atoms. The molecule has 0 atom stereocenters. The molecule has 0 amide bonds. The molecule has 4 aliphatic carbocycles. The maximum absolute atomic E-state index is 2.37. The van der Waals surface area contributed by atoms with Gasteiger partial charge in [-0.15, -0.1) is 0 Å². The first-order valence-electron chi connectivity index (χ1n) is 16.2. The van der Waals surface area contributed by atoms with Gasteiger partial charge in [-0.1, -0.05) is 142 Å². The summed E-state index contributed by atoms with van der Waals surface area (Å²) in [5.41, 5.74) is 0. The molecule has 4 rings (SSSR count). The highest BCUT2D eigenvalue weighted by Gasteiger charge is 2.30. The van der Waals surface area contributed by atoms with Crippen molar-refractivity contribution in [3.05, 3.63) is 0 Å². The number of hydrogen-bond acceptors (Lipinski definition) is 0. The molecule has 0 heterocycles. The van der Waals surface area contributed by atoms with Crippen LogP contribution in [0.5, 0.6) is 0 Å². The maximum atomic E-state index is 2.37. The maximum Gasteiger partial charge on any atom is -0.0411 e. The van der Waals surface area contributed by atoms with Crippen molar-refractivity contribution < 1.29 is 0 Å². The zero-order valence-electron chi connectivity index (χ0n) is 22.9. The van der Waals surface area contributed by atoms with Crippen LogP contribution in [-0.2, 0) is 0 Å². The van der Waals surface area contributed by atoms with Gasteiger partial charge in [0.25, 0.3) is 0 Å². The first-order chi connectivity index (χ1) is 16.2. The van der Waals surface area contributed by atoms with Crippen molar-refractivity contribution in [3.8, 4) is 0 Å². The lowest BCUT2D eigenvalue weighted by molar-refractivity contribution is 0.151. The first-order valence-corrected chi connectivity index (χ1v) is 16.2. The van der Waals surface area contributed by atoms with E-state index in [2.05, 4.69) is 13.8 Å². The molecule has 192 valence electrons. The lowest BCUT2D eigenvalue weighted by Gasteiger charge is -2.37. The van der Waals surface area contributed by atoms with Crippen LogP contribution in [0.25, 0.3) is 0 Å². The van der Waals surface area contributed by atoms with Gasteiger partial charge in [0.2, 0.25) is 0 Å². The molecule has 0 aromatic carbocycles. The Labute approximate surface area is 208 Å². The Morgan fingerprint density at radius 1 is 0.303 bits per heavy atom. The summed E-state index contributed by atoms with van der Waals surface area (Å²) in [7, 11) is 0. The molecule has 4 aliphatic rings. The predicted molar refractivity (Wildman–Crippen MR) is 145 cm³/mol. The minimum absolute atomic E-state index is 1.08. The second-order valence-corrected chi connectivity index (χ2v) is 13.8. The van der Waals surface area contributed by atoms with E-state index in [0.717, 1.165) is 47.3 Å². The Morgan fingerprint density at radius 2 is 0.485 bits per heavy atom. The topological polar surface area (TPSA) is 0 Å². The molecule has 0 saturated heterocycles. The number of hydrogen-bond donors (Lipinski definition) is 0. The fourth-order valence-corrected chi connectivity index (χ4v) is 9.15. The van der Waals surface area contributed by atoms with Gasteiger partial charge in [-0.25, -0.2) is 0 Å². The van der Waals surface area contributed by atoms with Crippen LogP contribution in [0.4, 0.5) is 0 Å². The van der Waals surface area contributed by atoms with E-state index in [9.17, 15) is 0 Å². The summed E-state index contributed by atoms with van der Waals surface area (Å²) >= 11 is 0. The second kappa shape index (κ2) is 13.9. The zero-order valence-corrected chi connectivity index (χ0v) is 22.9. The molecule has 0 radical (unpaired) electrons. The summed E-state index contributed by atoms with van der Waals surface area (Å²) in [5, 5.41) is 0. The van der Waals surface area contributed by atoms with Gasteiger partial charge in [0.05, 0.1) is 0 Å². The van der Waals surface area contributed by atoms with E-state index in [1.54, 1.807) is 122 Å². The van der Waals surface area contributed by atoms with Gasteiger partial charge in [0.15, 0.2) is 0 Å². The summed E-state index contributed by atoms with van der Waals surface area (Å²) in [6.07, 6.45) is 35.7. The third-order valence-corrected chi connectivity index (χ3v) is 11.3. The Balaban J connectivity index is 1.05. The smallest absolute Gasteiger partial charge is 0.0411 e. The molecule has 0 aliphatic heterocycles. The van der Waals surface area contributed by atoms with Crippen molar-refractivity contribution in [2.24, 2.45) is 47.3 Å². The zero-order chi connectivity index (χ0) is 22.9. The van der Waals surface area contributed by atoms with E-state index in [0.29, 0.717) is 0 Å². The van der Waals surface area contributed by atoms with E-state index < -0.39 is 0 Å². The van der Waals surface area contributed by atoms with Crippen LogP contribution in [0.3, 0.4) is 0 Å². The molecular weight excluding hydrogens is 396 g/mol. The highest BCUT2D eigenvalue weighted by Crippen LogP contribution is 2.44. The van der Waals surface area contributed by atoms with Crippen molar-refractivity contribution in [1.82, 2.24) is 0 Å². The fraction of sp³-hybridized carbons (Fsp3) is 1.00. The normalized spacial score (nSPS) is 40.5. The largest absolute Gasteiger partial charge is 0.0654 e. The summed E-state index contributed by atoms with van der Waals surface area (Å²) in [5.74, 6) is 8.73. The van der Waals surface area contributed by atoms with Crippen molar-refractivity contribution in [2.45, 2.75) is 162 Å². The van der Waals surface area contributed by atoms with Crippen LogP contribution in [0, 0.1) is 47.3 Å². The molecule has 4 fully saturated rings. The minimum Gasteiger partial charge on any atom is -0.0654 e. The SMILES string of the molecule is CCCC1CCC(CC2CCC(CC3CCC(CC4CCC(CCC)CC4)CC3)CC2)CC1. The highest BCUT2D eigenvalue weighted by molar-refractivity contribution is 4.82. The Hall–Kier alpha value is 0. The van der Waals surface area contributed by atoms with Crippen LogP contribution >= 0.6 is 0 Å². The lowest BCUT2D eigenvalue weighted by Crippen LogP contribution is -2.24. The minimum atomic E-state index is 1.08.